The molecule has 0 aliphatic rings. The Balaban J connectivity index is 2.72. The van der Waals surface area contributed by atoms with Crippen molar-refractivity contribution in [1.29, 1.82) is 0 Å². The Hall–Kier alpha value is -0.520. The highest BCUT2D eigenvalue weighted by molar-refractivity contribution is 14.1. The van der Waals surface area contributed by atoms with Gasteiger partial charge in [-0.2, -0.15) is 0 Å². The number of rotatable bonds is 3. The van der Waals surface area contributed by atoms with E-state index in [2.05, 4.69) is 27.9 Å². The Bertz CT molecular complexity index is 265. The van der Waals surface area contributed by atoms with Gasteiger partial charge in [0.2, 0.25) is 0 Å². The fraction of sp³-hybridized carbons (Fsp3) is 0.250. The lowest BCUT2D eigenvalue weighted by atomic mass is 10.3. The van der Waals surface area contributed by atoms with Gasteiger partial charge in [0.05, 0.1) is 11.4 Å². The van der Waals surface area contributed by atoms with Crippen LogP contribution in [0.15, 0.2) is 18.2 Å². The molecule has 0 unspecified atom stereocenters. The number of benzene rings is 1. The number of nitrogens with one attached hydrogen (secondary N) is 1. The summed E-state index contributed by atoms with van der Waals surface area (Å²) in [5.41, 5.74) is 7.13. The maximum atomic E-state index is 11.8. The van der Waals surface area contributed by atoms with Crippen LogP contribution >= 0.6 is 22.6 Å². The molecule has 0 aromatic heterocycles. The zero-order valence-corrected chi connectivity index (χ0v) is 8.64. The van der Waals surface area contributed by atoms with Crippen LogP contribution in [0.25, 0.3) is 0 Å². The summed E-state index contributed by atoms with van der Waals surface area (Å²) in [4.78, 5) is 0. The molecule has 0 fully saturated rings. The molecule has 0 aliphatic heterocycles. The first kappa shape index (κ1) is 9.57. The van der Waals surface area contributed by atoms with E-state index in [9.17, 15) is 4.39 Å². The molecule has 0 saturated heterocycles. The van der Waals surface area contributed by atoms with E-state index in [-0.39, 0.29) is 6.67 Å². The molecule has 2 nitrogen and oxygen atoms in total. The summed E-state index contributed by atoms with van der Waals surface area (Å²) in [5.74, 6) is 0. The van der Waals surface area contributed by atoms with Crippen LogP contribution in [0.3, 0.4) is 0 Å². The second-order valence-corrected chi connectivity index (χ2v) is 3.59. The highest BCUT2D eigenvalue weighted by atomic mass is 127. The van der Waals surface area contributed by atoms with Crippen LogP contribution in [0.4, 0.5) is 15.8 Å². The van der Waals surface area contributed by atoms with E-state index < -0.39 is 0 Å². The smallest absolute Gasteiger partial charge is 0.107 e. The lowest BCUT2D eigenvalue weighted by molar-refractivity contribution is 0.513. The molecular formula is C8H10FIN2. The van der Waals surface area contributed by atoms with Crippen molar-refractivity contribution < 1.29 is 4.39 Å². The quantitative estimate of drug-likeness (QED) is 0.658. The van der Waals surface area contributed by atoms with Crippen LogP contribution < -0.4 is 11.1 Å². The normalized spacial score (nSPS) is 9.83. The van der Waals surface area contributed by atoms with Gasteiger partial charge < -0.3 is 11.1 Å². The lowest BCUT2D eigenvalue weighted by Crippen LogP contribution is -2.05. The van der Waals surface area contributed by atoms with E-state index in [1.54, 1.807) is 0 Å². The van der Waals surface area contributed by atoms with Gasteiger partial charge in [-0.1, -0.05) is 0 Å². The number of anilines is 2. The summed E-state index contributed by atoms with van der Waals surface area (Å²) >= 11 is 2.18. The SMILES string of the molecule is Nc1cc(I)ccc1NCCF. The van der Waals surface area contributed by atoms with Crippen molar-refractivity contribution in [3.8, 4) is 0 Å². The third-order valence-corrected chi connectivity index (χ3v) is 2.09. The highest BCUT2D eigenvalue weighted by Crippen LogP contribution is 2.20. The molecule has 3 N–H and O–H groups in total. The largest absolute Gasteiger partial charge is 0.397 e. The van der Waals surface area contributed by atoms with Crippen LogP contribution in [-0.2, 0) is 0 Å². The topological polar surface area (TPSA) is 38.0 Å². The molecule has 4 heteroatoms. The molecule has 0 atom stereocenters. The fourth-order valence-electron chi connectivity index (χ4n) is 0.876. The van der Waals surface area contributed by atoms with Crippen molar-refractivity contribution in [2.75, 3.05) is 24.3 Å². The number of alkyl halides is 1. The molecule has 0 saturated carbocycles. The Kier molecular flexibility index (Phi) is 3.58. The van der Waals surface area contributed by atoms with Gasteiger partial charge in [-0.25, -0.2) is 4.39 Å². The van der Waals surface area contributed by atoms with Gasteiger partial charge in [-0.3, -0.25) is 0 Å². The maximum absolute atomic E-state index is 11.8. The first-order valence-corrected chi connectivity index (χ1v) is 4.67. The van der Waals surface area contributed by atoms with E-state index in [4.69, 9.17) is 5.73 Å². The van der Waals surface area contributed by atoms with Crippen molar-refractivity contribution in [2.45, 2.75) is 0 Å². The zero-order chi connectivity index (χ0) is 8.97. The Morgan fingerprint density at radius 3 is 2.83 bits per heavy atom. The minimum Gasteiger partial charge on any atom is -0.397 e. The molecule has 66 valence electrons. The fourth-order valence-corrected chi connectivity index (χ4v) is 1.39. The van der Waals surface area contributed by atoms with Crippen molar-refractivity contribution in [1.82, 2.24) is 0 Å². The third-order valence-electron chi connectivity index (χ3n) is 1.42. The highest BCUT2D eigenvalue weighted by Gasteiger charge is 1.97. The van der Waals surface area contributed by atoms with Crippen molar-refractivity contribution >= 4 is 34.0 Å². The lowest BCUT2D eigenvalue weighted by Gasteiger charge is -2.06. The predicted molar refractivity (Wildman–Crippen MR) is 58.0 cm³/mol. The summed E-state index contributed by atoms with van der Waals surface area (Å²) in [5, 5.41) is 2.89. The maximum Gasteiger partial charge on any atom is 0.107 e. The second-order valence-electron chi connectivity index (χ2n) is 2.35. The average Bonchev–Trinajstić information content (AvgIpc) is 2.03. The van der Waals surface area contributed by atoms with E-state index in [0.29, 0.717) is 12.2 Å². The Morgan fingerprint density at radius 2 is 2.25 bits per heavy atom. The Labute approximate surface area is 84.5 Å². The minimum atomic E-state index is -0.384. The van der Waals surface area contributed by atoms with Crippen LogP contribution in [0, 0.1) is 3.57 Å². The zero-order valence-electron chi connectivity index (χ0n) is 6.48. The van der Waals surface area contributed by atoms with Gasteiger partial charge >= 0.3 is 0 Å². The van der Waals surface area contributed by atoms with E-state index >= 15 is 0 Å². The Morgan fingerprint density at radius 1 is 1.50 bits per heavy atom. The first-order valence-electron chi connectivity index (χ1n) is 3.59. The summed E-state index contributed by atoms with van der Waals surface area (Å²) in [6.07, 6.45) is 0. The predicted octanol–water partition coefficient (Wildman–Crippen LogP) is 2.25. The summed E-state index contributed by atoms with van der Waals surface area (Å²) in [6, 6.07) is 5.63. The summed E-state index contributed by atoms with van der Waals surface area (Å²) in [7, 11) is 0. The molecule has 0 amide bonds. The van der Waals surface area contributed by atoms with Crippen LogP contribution in [-0.4, -0.2) is 13.2 Å². The summed E-state index contributed by atoms with van der Waals surface area (Å²) < 4.78 is 12.9. The molecule has 0 aliphatic carbocycles. The van der Waals surface area contributed by atoms with E-state index in [0.717, 1.165) is 9.26 Å². The first-order chi connectivity index (χ1) is 5.74. The monoisotopic (exact) mass is 280 g/mol. The molecule has 0 bridgehead atoms. The number of nitrogen functional groups attached to an aromatic ring is 1. The van der Waals surface area contributed by atoms with Crippen molar-refractivity contribution in [3.63, 3.8) is 0 Å². The van der Waals surface area contributed by atoms with Gasteiger partial charge in [0.1, 0.15) is 6.67 Å². The van der Waals surface area contributed by atoms with Crippen LogP contribution in [0.1, 0.15) is 0 Å². The van der Waals surface area contributed by atoms with E-state index in [1.165, 1.54) is 0 Å². The van der Waals surface area contributed by atoms with Gasteiger partial charge in [-0.05, 0) is 40.8 Å². The molecule has 0 spiro atoms. The van der Waals surface area contributed by atoms with Crippen molar-refractivity contribution in [2.24, 2.45) is 0 Å². The average molecular weight is 280 g/mol. The van der Waals surface area contributed by atoms with Crippen molar-refractivity contribution in [3.05, 3.63) is 21.8 Å². The van der Waals surface area contributed by atoms with Crippen LogP contribution in [0.5, 0.6) is 0 Å². The van der Waals surface area contributed by atoms with Gasteiger partial charge in [0.15, 0.2) is 0 Å². The molecule has 1 aromatic carbocycles. The number of hydrogen-bond donors (Lipinski definition) is 2. The minimum absolute atomic E-state index is 0.310. The van der Waals surface area contributed by atoms with E-state index in [1.807, 2.05) is 18.2 Å². The molecule has 12 heavy (non-hydrogen) atoms. The molecule has 0 heterocycles. The standard InChI is InChI=1S/C8H10FIN2/c9-3-4-12-8-2-1-6(10)5-7(8)11/h1-2,5,12H,3-4,11H2. The second kappa shape index (κ2) is 4.49. The third kappa shape index (κ3) is 2.51. The number of nitrogens with two attached hydrogens (primary N) is 1. The molecule has 1 aromatic rings. The van der Waals surface area contributed by atoms with Gasteiger partial charge in [0, 0.05) is 10.1 Å². The summed E-state index contributed by atoms with van der Waals surface area (Å²) in [6.45, 7) is -0.0732. The van der Waals surface area contributed by atoms with Crippen LogP contribution in [0.2, 0.25) is 0 Å². The van der Waals surface area contributed by atoms with Gasteiger partial charge in [0.25, 0.3) is 0 Å². The number of halogens is 2. The van der Waals surface area contributed by atoms with Gasteiger partial charge in [-0.15, -0.1) is 0 Å². The molecule has 1 rings (SSSR count). The molecular weight excluding hydrogens is 270 g/mol. The number of hydrogen-bond acceptors (Lipinski definition) is 2. The molecule has 0 radical (unpaired) electrons.